The van der Waals surface area contributed by atoms with Crippen LogP contribution in [0.15, 0.2) is 59.8 Å². The van der Waals surface area contributed by atoms with Crippen LogP contribution in [0, 0.1) is 6.92 Å². The maximum absolute atomic E-state index is 12.6. The molecule has 2 N–H and O–H groups in total. The van der Waals surface area contributed by atoms with Crippen molar-refractivity contribution in [2.24, 2.45) is 0 Å². The SMILES string of the molecule is CCOC(=O)C1=C(C)N(CC)C(=O)NC1c1ccc(NC(=O)c2ccc(C)cc2)cc1. The molecule has 0 saturated heterocycles. The summed E-state index contributed by atoms with van der Waals surface area (Å²) in [5.74, 6) is -0.666. The molecule has 0 aromatic heterocycles. The second kappa shape index (κ2) is 9.47. The molecular weight excluding hydrogens is 394 g/mol. The molecule has 3 amide bonds. The first kappa shape index (κ1) is 22.1. The number of nitrogens with one attached hydrogen (secondary N) is 2. The highest BCUT2D eigenvalue weighted by Gasteiger charge is 2.35. The Balaban J connectivity index is 1.85. The molecule has 0 bridgehead atoms. The van der Waals surface area contributed by atoms with Crippen LogP contribution in [-0.2, 0) is 9.53 Å². The van der Waals surface area contributed by atoms with E-state index in [0.29, 0.717) is 29.1 Å². The molecular formula is C24H27N3O4. The fourth-order valence-electron chi connectivity index (χ4n) is 3.55. The third kappa shape index (κ3) is 4.77. The number of carbonyl (C=O) groups is 3. The Kier molecular flexibility index (Phi) is 6.74. The molecule has 1 unspecified atom stereocenters. The number of ether oxygens (including phenoxy) is 1. The first-order chi connectivity index (χ1) is 14.8. The topological polar surface area (TPSA) is 87.7 Å². The van der Waals surface area contributed by atoms with E-state index in [9.17, 15) is 14.4 Å². The van der Waals surface area contributed by atoms with E-state index in [4.69, 9.17) is 4.74 Å². The van der Waals surface area contributed by atoms with Gasteiger partial charge in [-0.15, -0.1) is 0 Å². The molecule has 31 heavy (non-hydrogen) atoms. The van der Waals surface area contributed by atoms with Gasteiger partial charge in [0.2, 0.25) is 0 Å². The standard InChI is InChI=1S/C24H27N3O4/c1-5-27-16(4)20(23(29)31-6-2)21(26-24(27)30)17-11-13-19(14-12-17)25-22(28)18-9-7-15(3)8-10-18/h7-14,21H,5-6H2,1-4H3,(H,25,28)(H,26,30). The molecule has 162 valence electrons. The van der Waals surface area contributed by atoms with E-state index in [1.165, 1.54) is 4.90 Å². The Morgan fingerprint density at radius 1 is 1.03 bits per heavy atom. The minimum absolute atomic E-state index is 0.208. The number of hydrogen-bond acceptors (Lipinski definition) is 4. The fourth-order valence-corrected chi connectivity index (χ4v) is 3.55. The lowest BCUT2D eigenvalue weighted by Crippen LogP contribution is -2.47. The smallest absolute Gasteiger partial charge is 0.338 e. The normalized spacial score (nSPS) is 16.1. The zero-order valence-electron chi connectivity index (χ0n) is 18.2. The summed E-state index contributed by atoms with van der Waals surface area (Å²) in [6.07, 6.45) is 0. The average molecular weight is 421 g/mol. The van der Waals surface area contributed by atoms with Crippen molar-refractivity contribution in [3.8, 4) is 0 Å². The molecule has 2 aromatic carbocycles. The lowest BCUT2D eigenvalue weighted by molar-refractivity contribution is -0.139. The Labute approximate surface area is 182 Å². The van der Waals surface area contributed by atoms with Gasteiger partial charge in [-0.05, 0) is 57.5 Å². The predicted molar refractivity (Wildman–Crippen MR) is 119 cm³/mol. The predicted octanol–water partition coefficient (Wildman–Crippen LogP) is 4.17. The number of carbonyl (C=O) groups excluding carboxylic acids is 3. The number of esters is 1. The molecule has 1 aliphatic rings. The summed E-state index contributed by atoms with van der Waals surface area (Å²) in [5.41, 5.74) is 3.96. The first-order valence-electron chi connectivity index (χ1n) is 10.3. The van der Waals surface area contributed by atoms with E-state index >= 15 is 0 Å². The number of aryl methyl sites for hydroxylation is 1. The minimum Gasteiger partial charge on any atom is -0.463 e. The van der Waals surface area contributed by atoms with Crippen molar-refractivity contribution in [3.05, 3.63) is 76.5 Å². The number of urea groups is 1. The highest BCUT2D eigenvalue weighted by atomic mass is 16.5. The van der Waals surface area contributed by atoms with Crippen molar-refractivity contribution in [2.45, 2.75) is 33.7 Å². The number of rotatable bonds is 6. The van der Waals surface area contributed by atoms with Crippen LogP contribution in [0.25, 0.3) is 0 Å². The molecule has 3 rings (SSSR count). The van der Waals surface area contributed by atoms with Crippen LogP contribution in [0.2, 0.25) is 0 Å². The number of amides is 3. The van der Waals surface area contributed by atoms with Crippen LogP contribution >= 0.6 is 0 Å². The largest absolute Gasteiger partial charge is 0.463 e. The fraction of sp³-hybridized carbons (Fsp3) is 0.292. The lowest BCUT2D eigenvalue weighted by Gasteiger charge is -2.34. The summed E-state index contributed by atoms with van der Waals surface area (Å²) in [6, 6.07) is 13.5. The van der Waals surface area contributed by atoms with E-state index in [-0.39, 0.29) is 18.5 Å². The maximum atomic E-state index is 12.6. The second-order valence-electron chi connectivity index (χ2n) is 7.29. The number of nitrogens with zero attached hydrogens (tertiary/aromatic N) is 1. The first-order valence-corrected chi connectivity index (χ1v) is 10.3. The van der Waals surface area contributed by atoms with E-state index < -0.39 is 12.0 Å². The number of benzene rings is 2. The van der Waals surface area contributed by atoms with Crippen molar-refractivity contribution in [2.75, 3.05) is 18.5 Å². The van der Waals surface area contributed by atoms with Gasteiger partial charge in [-0.2, -0.15) is 0 Å². The summed E-state index contributed by atoms with van der Waals surface area (Å²) in [6.45, 7) is 7.98. The van der Waals surface area contributed by atoms with E-state index in [1.54, 1.807) is 50.2 Å². The quantitative estimate of drug-likeness (QED) is 0.685. The molecule has 0 saturated carbocycles. The van der Waals surface area contributed by atoms with Crippen molar-refractivity contribution in [1.29, 1.82) is 0 Å². The van der Waals surface area contributed by atoms with Gasteiger partial charge in [-0.1, -0.05) is 29.8 Å². The highest BCUT2D eigenvalue weighted by molar-refractivity contribution is 6.04. The van der Waals surface area contributed by atoms with Gasteiger partial charge in [0.1, 0.15) is 0 Å². The molecule has 0 aliphatic carbocycles. The molecule has 2 aromatic rings. The van der Waals surface area contributed by atoms with E-state index in [0.717, 1.165) is 11.1 Å². The Morgan fingerprint density at radius 2 is 1.68 bits per heavy atom. The molecule has 0 spiro atoms. The van der Waals surface area contributed by atoms with E-state index in [1.807, 2.05) is 26.0 Å². The van der Waals surface area contributed by atoms with Crippen molar-refractivity contribution >= 4 is 23.6 Å². The van der Waals surface area contributed by atoms with Crippen LogP contribution in [0.1, 0.15) is 48.3 Å². The van der Waals surface area contributed by atoms with Crippen LogP contribution in [0.4, 0.5) is 10.5 Å². The number of hydrogen-bond donors (Lipinski definition) is 2. The number of allylic oxidation sites excluding steroid dienone is 1. The molecule has 1 aliphatic heterocycles. The third-order valence-corrected chi connectivity index (χ3v) is 5.22. The lowest BCUT2D eigenvalue weighted by atomic mass is 9.94. The van der Waals surface area contributed by atoms with Crippen LogP contribution in [0.5, 0.6) is 0 Å². The third-order valence-electron chi connectivity index (χ3n) is 5.22. The van der Waals surface area contributed by atoms with Crippen LogP contribution in [0.3, 0.4) is 0 Å². The molecule has 0 fully saturated rings. The molecule has 1 atom stereocenters. The molecule has 0 radical (unpaired) electrons. The van der Waals surface area contributed by atoms with E-state index in [2.05, 4.69) is 10.6 Å². The van der Waals surface area contributed by atoms with Crippen molar-refractivity contribution < 1.29 is 19.1 Å². The zero-order valence-corrected chi connectivity index (χ0v) is 18.2. The van der Waals surface area contributed by atoms with Gasteiger partial charge in [0.15, 0.2) is 0 Å². The van der Waals surface area contributed by atoms with Gasteiger partial charge >= 0.3 is 12.0 Å². The Morgan fingerprint density at radius 3 is 2.26 bits per heavy atom. The van der Waals surface area contributed by atoms with Gasteiger partial charge in [0.25, 0.3) is 5.91 Å². The van der Waals surface area contributed by atoms with Gasteiger partial charge < -0.3 is 15.4 Å². The van der Waals surface area contributed by atoms with Crippen LogP contribution < -0.4 is 10.6 Å². The Hall–Kier alpha value is -3.61. The summed E-state index contributed by atoms with van der Waals surface area (Å²) in [4.78, 5) is 39.1. The maximum Gasteiger partial charge on any atom is 0.338 e. The van der Waals surface area contributed by atoms with Crippen molar-refractivity contribution in [3.63, 3.8) is 0 Å². The Bertz CT molecular complexity index is 1010. The van der Waals surface area contributed by atoms with Gasteiger partial charge in [-0.3, -0.25) is 9.69 Å². The highest BCUT2D eigenvalue weighted by Crippen LogP contribution is 2.31. The second-order valence-corrected chi connectivity index (χ2v) is 7.29. The van der Waals surface area contributed by atoms with Crippen LogP contribution in [-0.4, -0.2) is 36.0 Å². The zero-order chi connectivity index (χ0) is 22.5. The monoisotopic (exact) mass is 421 g/mol. The van der Waals surface area contributed by atoms with Gasteiger partial charge in [0, 0.05) is 23.5 Å². The molecule has 7 nitrogen and oxygen atoms in total. The summed E-state index contributed by atoms with van der Waals surface area (Å²) >= 11 is 0. The summed E-state index contributed by atoms with van der Waals surface area (Å²) in [5, 5.41) is 5.74. The summed E-state index contributed by atoms with van der Waals surface area (Å²) in [7, 11) is 0. The number of anilines is 1. The molecule has 1 heterocycles. The average Bonchev–Trinajstić information content (AvgIpc) is 2.74. The van der Waals surface area contributed by atoms with Gasteiger partial charge in [-0.25, -0.2) is 9.59 Å². The van der Waals surface area contributed by atoms with Crippen molar-refractivity contribution in [1.82, 2.24) is 10.2 Å². The minimum atomic E-state index is -0.629. The summed E-state index contributed by atoms with van der Waals surface area (Å²) < 4.78 is 5.23. The molecule has 7 heteroatoms. The van der Waals surface area contributed by atoms with Gasteiger partial charge in [0.05, 0.1) is 18.2 Å².